The lowest BCUT2D eigenvalue weighted by molar-refractivity contribution is -0.152. The van der Waals surface area contributed by atoms with Gasteiger partial charge in [-0.2, -0.15) is 0 Å². The van der Waals surface area contributed by atoms with Crippen molar-refractivity contribution >= 4 is 37.3 Å². The number of rotatable bonds is 9. The standard InChI is InChI=1S/C33H39BN2O9/c1-21-13-14-25(37)30-26(44-33(3,4)45-30)11-8-10-23-18-24(19-27(42-20-40-5)29(23)31(38)43-22(21)2)41-17-9-16-36(32(34)39)28-12-6-7-15-35-28/h6-8,10,12-15,18-19,21-22,26,30H,9,11,16-17,20H2,1-5H3/b10-8?,14-13-/t21-,22+,26+,30?/m1/s1. The number of ether oxygens (including phenoxy) is 6. The molecule has 0 aliphatic carbocycles. The molecule has 2 aliphatic rings. The minimum atomic E-state index is -0.931. The lowest BCUT2D eigenvalue weighted by atomic mass is 9.99. The van der Waals surface area contributed by atoms with Gasteiger partial charge in [0, 0.05) is 31.8 Å². The number of hydrogen-bond donors (Lipinski definition) is 0. The predicted octanol–water partition coefficient (Wildman–Crippen LogP) is 4.87. The summed E-state index contributed by atoms with van der Waals surface area (Å²) in [6.45, 7) is 7.53. The first-order valence-corrected chi connectivity index (χ1v) is 14.8. The number of benzene rings is 1. The molecule has 1 fully saturated rings. The average molecular weight is 618 g/mol. The number of pyridine rings is 1. The van der Waals surface area contributed by atoms with Crippen LogP contribution in [0.4, 0.5) is 10.6 Å². The van der Waals surface area contributed by atoms with Crippen LogP contribution in [0.2, 0.25) is 0 Å². The van der Waals surface area contributed by atoms with Crippen molar-refractivity contribution in [3.05, 3.63) is 65.9 Å². The number of carbonyl (C=O) groups excluding carboxylic acids is 3. The zero-order chi connectivity index (χ0) is 32.6. The van der Waals surface area contributed by atoms with Crippen LogP contribution in [0.1, 0.15) is 56.5 Å². The smallest absolute Gasteiger partial charge is 0.342 e. The molecule has 1 aromatic heterocycles. The number of esters is 1. The van der Waals surface area contributed by atoms with E-state index in [9.17, 15) is 14.4 Å². The number of fused-ring (bicyclic) bond motifs is 2. The van der Waals surface area contributed by atoms with Gasteiger partial charge in [0.1, 0.15) is 35.1 Å². The summed E-state index contributed by atoms with van der Waals surface area (Å²) in [4.78, 5) is 44.2. The molecule has 3 heterocycles. The third-order valence-corrected chi connectivity index (χ3v) is 7.36. The third kappa shape index (κ3) is 9.03. The Labute approximate surface area is 264 Å². The van der Waals surface area contributed by atoms with Gasteiger partial charge in [-0.15, -0.1) is 0 Å². The molecule has 238 valence electrons. The van der Waals surface area contributed by atoms with Crippen LogP contribution in [0.25, 0.3) is 6.08 Å². The second-order valence-electron chi connectivity index (χ2n) is 11.3. The Morgan fingerprint density at radius 3 is 2.64 bits per heavy atom. The molecule has 1 unspecified atom stereocenters. The normalized spacial score (nSPS) is 23.7. The summed E-state index contributed by atoms with van der Waals surface area (Å²) in [5.41, 5.74) is 0.673. The summed E-state index contributed by atoms with van der Waals surface area (Å²) in [6, 6.07) is 8.52. The molecule has 45 heavy (non-hydrogen) atoms. The van der Waals surface area contributed by atoms with E-state index in [0.717, 1.165) is 0 Å². The SMILES string of the molecule is [B]C(=O)N(CCCOc1cc2c(c(OCOC)c1)C(=O)O[C@@H](C)[C@H](C)/C=C\C(=O)C1OC(C)(C)O[C@H]1CC=C2)c1ccccn1. The van der Waals surface area contributed by atoms with E-state index in [1.54, 1.807) is 69.5 Å². The van der Waals surface area contributed by atoms with Gasteiger partial charge in [0.15, 0.2) is 24.2 Å². The molecule has 12 heteroatoms. The fourth-order valence-electron chi connectivity index (χ4n) is 4.95. The highest BCUT2D eigenvalue weighted by molar-refractivity contribution is 6.60. The Balaban J connectivity index is 1.62. The van der Waals surface area contributed by atoms with E-state index in [-0.39, 0.29) is 43.0 Å². The quantitative estimate of drug-likeness (QED) is 0.166. The molecule has 1 aromatic carbocycles. The van der Waals surface area contributed by atoms with E-state index in [2.05, 4.69) is 4.98 Å². The Kier molecular flexibility index (Phi) is 11.5. The van der Waals surface area contributed by atoms with Crippen LogP contribution in [0.15, 0.2) is 54.8 Å². The van der Waals surface area contributed by atoms with Gasteiger partial charge >= 0.3 is 5.97 Å². The van der Waals surface area contributed by atoms with Crippen LogP contribution in [0, 0.1) is 5.92 Å². The summed E-state index contributed by atoms with van der Waals surface area (Å²) in [7, 11) is 7.04. The zero-order valence-electron chi connectivity index (χ0n) is 26.3. The van der Waals surface area contributed by atoms with Crippen molar-refractivity contribution in [2.75, 3.05) is 32.0 Å². The summed E-state index contributed by atoms with van der Waals surface area (Å²) in [6.07, 6.45) is 7.21. The van der Waals surface area contributed by atoms with E-state index >= 15 is 0 Å². The molecular weight excluding hydrogens is 579 g/mol. The Hall–Kier alpha value is -4.00. The molecule has 4 atom stereocenters. The molecule has 2 aliphatic heterocycles. The van der Waals surface area contributed by atoms with Gasteiger partial charge in [-0.25, -0.2) is 9.78 Å². The second kappa shape index (κ2) is 15.3. The van der Waals surface area contributed by atoms with Crippen molar-refractivity contribution in [1.29, 1.82) is 0 Å². The highest BCUT2D eigenvalue weighted by Gasteiger charge is 2.43. The minimum Gasteiger partial charge on any atom is -0.493 e. The molecule has 2 aromatic rings. The number of cyclic esters (lactones) is 1. The number of hydrogen-bond acceptors (Lipinski definition) is 10. The first-order valence-electron chi connectivity index (χ1n) is 14.8. The monoisotopic (exact) mass is 618 g/mol. The lowest BCUT2D eigenvalue weighted by Gasteiger charge is -2.22. The molecule has 0 saturated carbocycles. The van der Waals surface area contributed by atoms with E-state index in [4.69, 9.17) is 36.3 Å². The maximum atomic E-state index is 13.6. The third-order valence-electron chi connectivity index (χ3n) is 7.36. The van der Waals surface area contributed by atoms with Crippen LogP contribution in [0.5, 0.6) is 11.5 Å². The Morgan fingerprint density at radius 2 is 1.93 bits per heavy atom. The predicted molar refractivity (Wildman–Crippen MR) is 167 cm³/mol. The van der Waals surface area contributed by atoms with E-state index in [1.807, 2.05) is 13.0 Å². The zero-order valence-corrected chi connectivity index (χ0v) is 26.3. The van der Waals surface area contributed by atoms with Crippen LogP contribution >= 0.6 is 0 Å². The van der Waals surface area contributed by atoms with Crippen LogP contribution < -0.4 is 14.4 Å². The fourth-order valence-corrected chi connectivity index (χ4v) is 4.95. The van der Waals surface area contributed by atoms with Gasteiger partial charge in [-0.05, 0) is 63.5 Å². The molecule has 0 N–H and O–H groups in total. The molecular formula is C33H39BN2O9. The number of anilines is 1. The molecule has 0 spiro atoms. The molecule has 11 nitrogen and oxygen atoms in total. The highest BCUT2D eigenvalue weighted by atomic mass is 16.8. The van der Waals surface area contributed by atoms with Gasteiger partial charge in [0.05, 0.1) is 12.7 Å². The molecule has 1 amide bonds. The first-order chi connectivity index (χ1) is 21.5. The number of aromatic nitrogens is 1. The van der Waals surface area contributed by atoms with Gasteiger partial charge in [-0.1, -0.05) is 31.2 Å². The maximum absolute atomic E-state index is 13.6. The van der Waals surface area contributed by atoms with Crippen LogP contribution in [-0.2, 0) is 23.7 Å². The Morgan fingerprint density at radius 1 is 1.13 bits per heavy atom. The van der Waals surface area contributed by atoms with E-state index < -0.39 is 35.9 Å². The molecule has 0 bridgehead atoms. The van der Waals surface area contributed by atoms with Crippen LogP contribution in [0.3, 0.4) is 0 Å². The Bertz CT molecular complexity index is 1410. The first kappa shape index (κ1) is 33.9. The molecule has 1 saturated heterocycles. The molecule has 2 radical (unpaired) electrons. The van der Waals surface area contributed by atoms with Crippen molar-refractivity contribution < 1.29 is 42.8 Å². The van der Waals surface area contributed by atoms with Gasteiger partial charge in [0.25, 0.3) is 0 Å². The fraction of sp³-hybridized carbons (Fsp3) is 0.455. The topological polar surface area (TPSA) is 123 Å². The van der Waals surface area contributed by atoms with Gasteiger partial charge in [0.2, 0.25) is 7.85 Å². The summed E-state index contributed by atoms with van der Waals surface area (Å²) >= 11 is 0. The minimum absolute atomic E-state index is 0.120. The van der Waals surface area contributed by atoms with E-state index in [1.165, 1.54) is 18.1 Å². The number of ketones is 1. The van der Waals surface area contributed by atoms with Gasteiger partial charge in [-0.3, -0.25) is 9.59 Å². The number of methoxy groups -OCH3 is 1. The van der Waals surface area contributed by atoms with Crippen LogP contribution in [-0.4, -0.2) is 81.5 Å². The second-order valence-corrected chi connectivity index (χ2v) is 11.3. The van der Waals surface area contributed by atoms with Crippen molar-refractivity contribution in [3.8, 4) is 11.5 Å². The maximum Gasteiger partial charge on any atom is 0.342 e. The largest absolute Gasteiger partial charge is 0.493 e. The summed E-state index contributed by atoms with van der Waals surface area (Å²) in [5.74, 6) is -1.57. The summed E-state index contributed by atoms with van der Waals surface area (Å²) in [5, 5.41) is 0. The van der Waals surface area contributed by atoms with Crippen molar-refractivity contribution in [2.45, 2.75) is 64.6 Å². The average Bonchev–Trinajstić information content (AvgIpc) is 3.32. The highest BCUT2D eigenvalue weighted by Crippen LogP contribution is 2.34. The summed E-state index contributed by atoms with van der Waals surface area (Å²) < 4.78 is 34.8. The van der Waals surface area contributed by atoms with Crippen molar-refractivity contribution in [3.63, 3.8) is 0 Å². The van der Waals surface area contributed by atoms with E-state index in [0.29, 0.717) is 30.0 Å². The van der Waals surface area contributed by atoms with Crippen molar-refractivity contribution in [2.24, 2.45) is 5.92 Å². The number of amides is 1. The van der Waals surface area contributed by atoms with Crippen molar-refractivity contribution in [1.82, 2.24) is 4.98 Å². The number of carbonyl (C=O) groups is 3. The number of nitrogens with zero attached hydrogens (tertiary/aromatic N) is 2. The molecule has 4 rings (SSSR count). The lowest BCUT2D eigenvalue weighted by Crippen LogP contribution is -2.32. The van der Waals surface area contributed by atoms with Gasteiger partial charge < -0.3 is 33.3 Å².